The topological polar surface area (TPSA) is 66.9 Å². The number of sulfonamides is 1. The first-order valence-electron chi connectivity index (χ1n) is 16.4. The molecule has 4 aromatic carbocycles. The standard InChI is InChI=1S/C39H42N2O4S/c1-28-17-19-33(20-18-28)46(43,44)41-22-21-39-35-15-9-10-16-36(35)40(25-30-11-5-3-6-12-30)38(39)34(32(23-29(2)42)24-37(39)41)27-45-26-31-13-7-4-8-14-31/h3-20,32,34,37-38H,21-27H2,1-2H3/t32-,34-,37-,38+,39-/m1/s1. The molecule has 7 rings (SSSR count). The molecule has 1 spiro atoms. The molecule has 0 unspecified atom stereocenters. The number of carbonyl (C=O) groups excluding carboxylic acids is 1. The van der Waals surface area contributed by atoms with E-state index in [9.17, 15) is 13.2 Å². The normalized spacial score (nSPS) is 25.6. The second-order valence-corrected chi connectivity index (χ2v) is 15.3. The number of rotatable bonds is 10. The smallest absolute Gasteiger partial charge is 0.243 e. The summed E-state index contributed by atoms with van der Waals surface area (Å²) >= 11 is 0. The maximum Gasteiger partial charge on any atom is 0.243 e. The molecule has 6 nitrogen and oxygen atoms in total. The van der Waals surface area contributed by atoms with Crippen LogP contribution in [0, 0.1) is 18.8 Å². The molecule has 4 aromatic rings. The van der Waals surface area contributed by atoms with Crippen molar-refractivity contribution in [2.45, 2.75) is 68.7 Å². The monoisotopic (exact) mass is 634 g/mol. The highest BCUT2D eigenvalue weighted by atomic mass is 32.2. The van der Waals surface area contributed by atoms with E-state index in [1.54, 1.807) is 23.4 Å². The van der Waals surface area contributed by atoms with Gasteiger partial charge in [-0.2, -0.15) is 4.31 Å². The van der Waals surface area contributed by atoms with Gasteiger partial charge in [0.15, 0.2) is 0 Å². The Morgan fingerprint density at radius 2 is 1.52 bits per heavy atom. The van der Waals surface area contributed by atoms with Gasteiger partial charge in [0, 0.05) is 48.6 Å². The van der Waals surface area contributed by atoms with E-state index in [2.05, 4.69) is 65.6 Å². The molecule has 0 radical (unpaired) electrons. The number of nitrogens with zero attached hydrogens (tertiary/aromatic N) is 2. The lowest BCUT2D eigenvalue weighted by Crippen LogP contribution is -2.62. The van der Waals surface area contributed by atoms with Crippen LogP contribution in [0.15, 0.2) is 114 Å². The first kappa shape index (κ1) is 30.9. The van der Waals surface area contributed by atoms with Gasteiger partial charge in [0.05, 0.1) is 18.1 Å². The third-order valence-corrected chi connectivity index (χ3v) is 12.5. The van der Waals surface area contributed by atoms with Crippen LogP contribution in [0.1, 0.15) is 48.4 Å². The average Bonchev–Trinajstić information content (AvgIpc) is 3.58. The third kappa shape index (κ3) is 5.38. The molecule has 238 valence electrons. The summed E-state index contributed by atoms with van der Waals surface area (Å²) < 4.78 is 37.2. The van der Waals surface area contributed by atoms with E-state index in [0.29, 0.717) is 44.0 Å². The van der Waals surface area contributed by atoms with Crippen molar-refractivity contribution >= 4 is 21.5 Å². The van der Waals surface area contributed by atoms with Gasteiger partial charge in [-0.25, -0.2) is 8.42 Å². The molecule has 7 heteroatoms. The summed E-state index contributed by atoms with van der Waals surface area (Å²) in [5.41, 5.74) is 5.28. The Morgan fingerprint density at radius 3 is 2.22 bits per heavy atom. The van der Waals surface area contributed by atoms with Crippen molar-refractivity contribution in [2.75, 3.05) is 18.1 Å². The first-order valence-corrected chi connectivity index (χ1v) is 17.8. The molecule has 2 heterocycles. The second-order valence-electron chi connectivity index (χ2n) is 13.4. The fraction of sp³-hybridized carbons (Fsp3) is 0.359. The van der Waals surface area contributed by atoms with Crippen LogP contribution in [0.25, 0.3) is 0 Å². The van der Waals surface area contributed by atoms with Gasteiger partial charge in [0.2, 0.25) is 10.0 Å². The second kappa shape index (κ2) is 12.4. The maximum absolute atomic E-state index is 14.4. The number of ether oxygens (including phenoxy) is 1. The first-order chi connectivity index (χ1) is 22.3. The van der Waals surface area contributed by atoms with E-state index in [1.807, 2.05) is 43.3 Å². The molecule has 0 aromatic heterocycles. The van der Waals surface area contributed by atoms with Gasteiger partial charge in [0.1, 0.15) is 5.78 Å². The molecular formula is C39H42N2O4S. The van der Waals surface area contributed by atoms with E-state index in [4.69, 9.17) is 4.74 Å². The SMILES string of the molecule is CC(=O)C[C@@H]1C[C@H]2N(S(=O)(=O)c3ccc(C)cc3)CC[C@@]23c2ccccc2N(Cc2ccccc2)[C@H]3[C@@H]1COCc1ccccc1. The summed E-state index contributed by atoms with van der Waals surface area (Å²) in [5, 5.41) is 0. The lowest BCUT2D eigenvalue weighted by atomic mass is 9.57. The van der Waals surface area contributed by atoms with Gasteiger partial charge in [-0.15, -0.1) is 0 Å². The van der Waals surface area contributed by atoms with Crippen LogP contribution in [-0.4, -0.2) is 43.7 Å². The zero-order chi connectivity index (χ0) is 31.9. The zero-order valence-corrected chi connectivity index (χ0v) is 27.4. The number of hydrogen-bond acceptors (Lipinski definition) is 5. The fourth-order valence-electron chi connectivity index (χ4n) is 8.71. The van der Waals surface area contributed by atoms with Gasteiger partial charge < -0.3 is 14.4 Å². The average molecular weight is 635 g/mol. The molecule has 2 aliphatic heterocycles. The lowest BCUT2D eigenvalue weighted by Gasteiger charge is -2.53. The molecular weight excluding hydrogens is 593 g/mol. The van der Waals surface area contributed by atoms with Crippen molar-refractivity contribution in [3.05, 3.63) is 131 Å². The minimum absolute atomic E-state index is 0.0296. The number of para-hydroxylation sites is 1. The number of aryl methyl sites for hydroxylation is 1. The molecule has 0 bridgehead atoms. The highest BCUT2D eigenvalue weighted by molar-refractivity contribution is 7.89. The van der Waals surface area contributed by atoms with Crippen molar-refractivity contribution in [3.63, 3.8) is 0 Å². The Balaban J connectivity index is 1.35. The highest BCUT2D eigenvalue weighted by Crippen LogP contribution is 2.62. The minimum atomic E-state index is -3.77. The largest absolute Gasteiger partial charge is 0.376 e. The third-order valence-electron chi connectivity index (χ3n) is 10.6. The van der Waals surface area contributed by atoms with Crippen molar-refractivity contribution in [1.82, 2.24) is 4.31 Å². The molecule has 3 aliphatic rings. The van der Waals surface area contributed by atoms with E-state index < -0.39 is 15.4 Å². The Hall–Kier alpha value is -3.78. The number of Topliss-reactive ketones (excluding diaryl/α,β-unsaturated/α-hetero) is 1. The van der Waals surface area contributed by atoms with Gasteiger partial charge in [-0.3, -0.25) is 0 Å². The van der Waals surface area contributed by atoms with Crippen molar-refractivity contribution in [1.29, 1.82) is 0 Å². The maximum atomic E-state index is 14.4. The highest BCUT2D eigenvalue weighted by Gasteiger charge is 2.67. The van der Waals surface area contributed by atoms with Crippen molar-refractivity contribution in [3.8, 4) is 0 Å². The summed E-state index contributed by atoms with van der Waals surface area (Å²) in [7, 11) is -3.77. The fourth-order valence-corrected chi connectivity index (χ4v) is 10.4. The summed E-state index contributed by atoms with van der Waals surface area (Å²) in [4.78, 5) is 15.7. The van der Waals surface area contributed by atoms with Crippen LogP contribution in [0.3, 0.4) is 0 Å². The molecule has 1 saturated heterocycles. The predicted molar refractivity (Wildman–Crippen MR) is 181 cm³/mol. The van der Waals surface area contributed by atoms with Crippen molar-refractivity contribution < 1.29 is 17.9 Å². The molecule has 0 N–H and O–H groups in total. The summed E-state index contributed by atoms with van der Waals surface area (Å²) in [6, 6.07) is 36.2. The van der Waals surface area contributed by atoms with Gasteiger partial charge in [-0.05, 0) is 67.5 Å². The number of ketones is 1. The van der Waals surface area contributed by atoms with Gasteiger partial charge in [-0.1, -0.05) is 96.6 Å². The number of fused-ring (bicyclic) bond motifs is 1. The summed E-state index contributed by atoms with van der Waals surface area (Å²) in [6.45, 7) is 5.75. The Morgan fingerprint density at radius 1 is 0.870 bits per heavy atom. The van der Waals surface area contributed by atoms with E-state index in [-0.39, 0.29) is 29.7 Å². The molecule has 46 heavy (non-hydrogen) atoms. The summed E-state index contributed by atoms with van der Waals surface area (Å²) in [5.74, 6) is 0.126. The minimum Gasteiger partial charge on any atom is -0.376 e. The quantitative estimate of drug-likeness (QED) is 0.190. The van der Waals surface area contributed by atoms with Crippen LogP contribution in [0.5, 0.6) is 0 Å². The van der Waals surface area contributed by atoms with Gasteiger partial charge >= 0.3 is 0 Å². The Kier molecular flexibility index (Phi) is 8.34. The van der Waals surface area contributed by atoms with E-state index in [0.717, 1.165) is 23.2 Å². The Labute approximate surface area is 273 Å². The molecule has 5 atom stereocenters. The number of benzene rings is 4. The number of hydrogen-bond donors (Lipinski definition) is 0. The van der Waals surface area contributed by atoms with E-state index >= 15 is 0 Å². The molecule has 0 amide bonds. The Bertz CT molecular complexity index is 1790. The number of anilines is 1. The van der Waals surface area contributed by atoms with Gasteiger partial charge in [0.25, 0.3) is 0 Å². The summed E-state index contributed by atoms with van der Waals surface area (Å²) in [6.07, 6.45) is 1.74. The molecule has 1 aliphatic carbocycles. The van der Waals surface area contributed by atoms with Crippen LogP contribution in [0.4, 0.5) is 5.69 Å². The van der Waals surface area contributed by atoms with Crippen LogP contribution in [-0.2, 0) is 38.1 Å². The molecule has 2 fully saturated rings. The van der Waals surface area contributed by atoms with Crippen LogP contribution < -0.4 is 4.90 Å². The molecule has 1 saturated carbocycles. The predicted octanol–water partition coefficient (Wildman–Crippen LogP) is 6.92. The lowest BCUT2D eigenvalue weighted by molar-refractivity contribution is -0.119. The zero-order valence-electron chi connectivity index (χ0n) is 26.6. The van der Waals surface area contributed by atoms with E-state index in [1.165, 1.54) is 11.1 Å². The number of carbonyl (C=O) groups is 1. The van der Waals surface area contributed by atoms with Crippen LogP contribution >= 0.6 is 0 Å². The van der Waals surface area contributed by atoms with Crippen LogP contribution in [0.2, 0.25) is 0 Å². The van der Waals surface area contributed by atoms with Crippen molar-refractivity contribution in [2.24, 2.45) is 11.8 Å².